The van der Waals surface area contributed by atoms with Gasteiger partial charge in [-0.1, -0.05) is 22.0 Å². The lowest BCUT2D eigenvalue weighted by Crippen LogP contribution is -2.41. The van der Waals surface area contributed by atoms with Crippen molar-refractivity contribution in [2.45, 2.75) is 18.9 Å². The molecular formula is C14H16Br2FNO2. The average molecular weight is 409 g/mol. The van der Waals surface area contributed by atoms with Crippen molar-refractivity contribution in [2.75, 3.05) is 25.0 Å². The lowest BCUT2D eigenvalue weighted by atomic mass is 10.1. The number of likely N-dealkylation sites (tertiary alicyclic amines) is 1. The largest absolute Gasteiger partial charge is 0.377 e. The second-order valence-corrected chi connectivity index (χ2v) is 6.24. The van der Waals surface area contributed by atoms with Gasteiger partial charge in [0.1, 0.15) is 5.82 Å². The van der Waals surface area contributed by atoms with Crippen LogP contribution >= 0.6 is 31.9 Å². The molecule has 0 saturated carbocycles. The number of halogens is 3. The number of nitrogens with zero attached hydrogens (tertiary/aromatic N) is 1. The minimum Gasteiger partial charge on any atom is -0.377 e. The molecule has 0 aromatic heterocycles. The molecule has 1 aromatic rings. The van der Waals surface area contributed by atoms with Gasteiger partial charge in [-0.15, -0.1) is 0 Å². The van der Waals surface area contributed by atoms with Crippen molar-refractivity contribution in [1.29, 1.82) is 0 Å². The van der Waals surface area contributed by atoms with Crippen LogP contribution in [0.4, 0.5) is 4.39 Å². The smallest absolute Gasteiger partial charge is 0.255 e. The molecule has 0 atom stereocenters. The van der Waals surface area contributed by atoms with E-state index in [0.717, 1.165) is 18.2 Å². The predicted molar refractivity (Wildman–Crippen MR) is 82.8 cm³/mol. The van der Waals surface area contributed by atoms with Gasteiger partial charge >= 0.3 is 0 Å². The van der Waals surface area contributed by atoms with Gasteiger partial charge in [0, 0.05) is 18.4 Å². The Bertz CT molecular complexity index is 476. The maximum absolute atomic E-state index is 13.5. The van der Waals surface area contributed by atoms with Crippen LogP contribution < -0.4 is 0 Å². The van der Waals surface area contributed by atoms with Crippen molar-refractivity contribution < 1.29 is 13.9 Å². The number of ether oxygens (including phenoxy) is 1. The van der Waals surface area contributed by atoms with Crippen LogP contribution in [0.15, 0.2) is 22.7 Å². The van der Waals surface area contributed by atoms with Gasteiger partial charge < -0.3 is 9.64 Å². The van der Waals surface area contributed by atoms with Crippen molar-refractivity contribution in [1.82, 2.24) is 4.90 Å². The van der Waals surface area contributed by atoms with Crippen LogP contribution in [0.5, 0.6) is 0 Å². The average Bonchev–Trinajstić information content (AvgIpc) is 2.48. The van der Waals surface area contributed by atoms with Crippen molar-refractivity contribution in [3.63, 3.8) is 0 Å². The number of amides is 1. The normalized spacial score (nSPS) is 16.4. The van der Waals surface area contributed by atoms with Gasteiger partial charge in [0.05, 0.1) is 22.7 Å². The number of carbonyl (C=O) groups is 1. The van der Waals surface area contributed by atoms with E-state index in [1.54, 1.807) is 17.0 Å². The summed E-state index contributed by atoms with van der Waals surface area (Å²) in [6, 6.07) is 4.53. The molecule has 0 radical (unpaired) electrons. The third kappa shape index (κ3) is 3.80. The molecule has 3 nitrogen and oxygen atoms in total. The zero-order chi connectivity index (χ0) is 14.5. The van der Waals surface area contributed by atoms with Gasteiger partial charge in [-0.2, -0.15) is 0 Å². The second kappa shape index (κ2) is 7.52. The Balaban J connectivity index is 1.96. The first kappa shape index (κ1) is 15.9. The van der Waals surface area contributed by atoms with Crippen LogP contribution in [0.3, 0.4) is 0 Å². The molecule has 0 spiro atoms. The highest BCUT2D eigenvalue weighted by atomic mass is 79.9. The lowest BCUT2D eigenvalue weighted by Gasteiger charge is -2.32. The number of benzene rings is 1. The Kier molecular flexibility index (Phi) is 5.99. The van der Waals surface area contributed by atoms with E-state index in [2.05, 4.69) is 31.9 Å². The molecule has 1 heterocycles. The molecule has 0 N–H and O–H groups in total. The van der Waals surface area contributed by atoms with E-state index in [-0.39, 0.29) is 16.5 Å². The van der Waals surface area contributed by atoms with E-state index in [0.29, 0.717) is 25.3 Å². The van der Waals surface area contributed by atoms with Gasteiger partial charge in [0.2, 0.25) is 0 Å². The van der Waals surface area contributed by atoms with Crippen molar-refractivity contribution in [3.05, 3.63) is 34.1 Å². The molecular weight excluding hydrogens is 393 g/mol. The van der Waals surface area contributed by atoms with Crippen molar-refractivity contribution in [2.24, 2.45) is 0 Å². The van der Waals surface area contributed by atoms with E-state index in [1.165, 1.54) is 6.07 Å². The SMILES string of the molecule is O=C(c1cccc(F)c1Br)N1CCC(OCCBr)CC1. The van der Waals surface area contributed by atoms with E-state index in [4.69, 9.17) is 4.74 Å². The van der Waals surface area contributed by atoms with E-state index < -0.39 is 5.82 Å². The third-order valence-electron chi connectivity index (χ3n) is 3.34. The summed E-state index contributed by atoms with van der Waals surface area (Å²) in [5.74, 6) is -0.540. The summed E-state index contributed by atoms with van der Waals surface area (Å²) >= 11 is 6.47. The third-order valence-corrected chi connectivity index (χ3v) is 4.47. The van der Waals surface area contributed by atoms with Gasteiger partial charge in [-0.25, -0.2) is 4.39 Å². The monoisotopic (exact) mass is 407 g/mol. The summed E-state index contributed by atoms with van der Waals surface area (Å²) in [5.41, 5.74) is 0.379. The highest BCUT2D eigenvalue weighted by molar-refractivity contribution is 9.10. The molecule has 0 aliphatic carbocycles. The van der Waals surface area contributed by atoms with Gasteiger partial charge in [-0.3, -0.25) is 4.79 Å². The molecule has 20 heavy (non-hydrogen) atoms. The minimum atomic E-state index is -0.411. The first-order valence-corrected chi connectivity index (χ1v) is 8.45. The fourth-order valence-electron chi connectivity index (χ4n) is 2.28. The first-order valence-electron chi connectivity index (χ1n) is 6.54. The molecule has 1 aliphatic heterocycles. The number of hydrogen-bond acceptors (Lipinski definition) is 2. The second-order valence-electron chi connectivity index (χ2n) is 4.65. The Morgan fingerprint density at radius 2 is 2.10 bits per heavy atom. The van der Waals surface area contributed by atoms with E-state index in [1.807, 2.05) is 0 Å². The number of hydrogen-bond donors (Lipinski definition) is 0. The van der Waals surface area contributed by atoms with Crippen LogP contribution in [-0.2, 0) is 4.74 Å². The highest BCUT2D eigenvalue weighted by Gasteiger charge is 2.25. The van der Waals surface area contributed by atoms with Crippen LogP contribution in [0.2, 0.25) is 0 Å². The zero-order valence-electron chi connectivity index (χ0n) is 10.9. The molecule has 0 unspecified atom stereocenters. The Morgan fingerprint density at radius 1 is 1.40 bits per heavy atom. The Morgan fingerprint density at radius 3 is 2.75 bits per heavy atom. The zero-order valence-corrected chi connectivity index (χ0v) is 14.1. The highest BCUT2D eigenvalue weighted by Crippen LogP contribution is 2.23. The van der Waals surface area contributed by atoms with Crippen molar-refractivity contribution in [3.8, 4) is 0 Å². The Hall–Kier alpha value is -0.460. The summed E-state index contributed by atoms with van der Waals surface area (Å²) in [6.45, 7) is 1.98. The summed E-state index contributed by atoms with van der Waals surface area (Å²) in [6.07, 6.45) is 1.87. The quantitative estimate of drug-likeness (QED) is 0.712. The maximum Gasteiger partial charge on any atom is 0.255 e. The van der Waals surface area contributed by atoms with Crippen molar-refractivity contribution >= 4 is 37.8 Å². The molecule has 2 rings (SSSR count). The summed E-state index contributed by atoms with van der Waals surface area (Å²) < 4.78 is 19.4. The summed E-state index contributed by atoms with van der Waals surface area (Å²) in [4.78, 5) is 14.1. The fraction of sp³-hybridized carbons (Fsp3) is 0.500. The molecule has 0 bridgehead atoms. The van der Waals surface area contributed by atoms with Crippen LogP contribution in [0.25, 0.3) is 0 Å². The van der Waals surface area contributed by atoms with Crippen LogP contribution in [-0.4, -0.2) is 41.9 Å². The summed E-state index contributed by atoms with van der Waals surface area (Å²) in [5, 5.41) is 0.822. The lowest BCUT2D eigenvalue weighted by molar-refractivity contribution is 0.0159. The van der Waals surface area contributed by atoms with Gasteiger partial charge in [0.15, 0.2) is 0 Å². The number of rotatable bonds is 4. The molecule has 6 heteroatoms. The number of piperidine rings is 1. The minimum absolute atomic E-state index is 0.129. The first-order chi connectivity index (χ1) is 9.63. The molecule has 1 aliphatic rings. The Labute approximate surface area is 134 Å². The van der Waals surface area contributed by atoms with Crippen LogP contribution in [0.1, 0.15) is 23.2 Å². The van der Waals surface area contributed by atoms with Crippen LogP contribution in [0, 0.1) is 5.82 Å². The predicted octanol–water partition coefficient (Wildman–Crippen LogP) is 3.60. The molecule has 1 amide bonds. The topological polar surface area (TPSA) is 29.5 Å². The molecule has 1 saturated heterocycles. The summed E-state index contributed by atoms with van der Waals surface area (Å²) in [7, 11) is 0. The standard InChI is InChI=1S/C14H16Br2FNO2/c15-6-9-20-10-4-7-18(8-5-10)14(19)11-2-1-3-12(17)13(11)16/h1-3,10H,4-9H2. The maximum atomic E-state index is 13.5. The number of alkyl halides is 1. The fourth-order valence-corrected chi connectivity index (χ4v) is 2.90. The van der Waals surface area contributed by atoms with Gasteiger partial charge in [0.25, 0.3) is 5.91 Å². The van der Waals surface area contributed by atoms with Gasteiger partial charge in [-0.05, 0) is 40.9 Å². The molecule has 1 aromatic carbocycles. The number of carbonyl (C=O) groups excluding carboxylic acids is 1. The van der Waals surface area contributed by atoms with E-state index in [9.17, 15) is 9.18 Å². The molecule has 110 valence electrons. The van der Waals surface area contributed by atoms with E-state index >= 15 is 0 Å². The molecule has 1 fully saturated rings.